The summed E-state index contributed by atoms with van der Waals surface area (Å²) in [6, 6.07) is 0. The first-order valence-corrected chi connectivity index (χ1v) is 9.13. The Hall–Kier alpha value is -0.817. The van der Waals surface area contributed by atoms with Crippen molar-refractivity contribution in [2.75, 3.05) is 0 Å². The second-order valence-corrected chi connectivity index (χ2v) is 8.08. The molecular weight excluding hydrogens is 664 g/mol. The van der Waals surface area contributed by atoms with Crippen molar-refractivity contribution >= 4 is 20.2 Å². The average molecular weight is 664 g/mol. The molecular formula is C8F18O6S2Zn. The first kappa shape index (κ1) is 38.7. The van der Waals surface area contributed by atoms with Gasteiger partial charge in [0.2, 0.25) is 0 Å². The van der Waals surface area contributed by atoms with Crippen molar-refractivity contribution in [2.24, 2.45) is 0 Å². The van der Waals surface area contributed by atoms with Gasteiger partial charge in [0.05, 0.1) is 0 Å². The third-order valence-corrected chi connectivity index (χ3v) is 4.63. The number of alkyl halides is 18. The first-order chi connectivity index (χ1) is 14.0. The molecule has 0 bridgehead atoms. The van der Waals surface area contributed by atoms with E-state index in [4.69, 9.17) is 0 Å². The molecule has 0 saturated heterocycles. The van der Waals surface area contributed by atoms with E-state index < -0.39 is 66.8 Å². The smallest absolute Gasteiger partial charge is 0.743 e. The number of halogens is 18. The SMILES string of the molecule is O=S(=O)([O-])C(F)(F)C(F)(F)C(F)(F)C(F)(F)F.O=S(=O)([O-])C(F)(F)C(F)(F)C(F)(F)C(F)(F)F.[Zn+2]. The van der Waals surface area contributed by atoms with E-state index >= 15 is 0 Å². The summed E-state index contributed by atoms with van der Waals surface area (Å²) in [7, 11) is -14.8. The van der Waals surface area contributed by atoms with Crippen LogP contribution in [-0.4, -0.2) is 72.5 Å². The van der Waals surface area contributed by atoms with Crippen molar-refractivity contribution < 1.29 is 124 Å². The third kappa shape index (κ3) is 6.37. The minimum absolute atomic E-state index is 0. The van der Waals surface area contributed by atoms with Gasteiger partial charge < -0.3 is 9.11 Å². The van der Waals surface area contributed by atoms with Crippen LogP contribution in [0.4, 0.5) is 79.0 Å². The third-order valence-electron chi connectivity index (χ3n) is 2.86. The maximum Gasteiger partial charge on any atom is 2.00 e. The molecule has 0 rings (SSSR count). The zero-order chi connectivity index (χ0) is 29.0. The maximum atomic E-state index is 12.2. The average Bonchev–Trinajstić information content (AvgIpc) is 2.50. The Balaban J connectivity index is -0.000000569. The molecule has 0 spiro atoms. The maximum absolute atomic E-state index is 12.2. The van der Waals surface area contributed by atoms with Crippen LogP contribution in [0.3, 0.4) is 0 Å². The van der Waals surface area contributed by atoms with Gasteiger partial charge in [-0.1, -0.05) is 0 Å². The molecule has 0 amide bonds. The molecule has 0 aliphatic heterocycles. The molecule has 0 aliphatic carbocycles. The Kier molecular flexibility index (Phi) is 10.9. The Bertz CT molecular complexity index is 870. The van der Waals surface area contributed by atoms with E-state index in [-0.39, 0.29) is 19.5 Å². The van der Waals surface area contributed by atoms with Crippen LogP contribution in [0.15, 0.2) is 0 Å². The molecule has 0 aliphatic rings. The zero-order valence-corrected chi connectivity index (χ0v) is 19.4. The molecule has 0 aromatic heterocycles. The predicted molar refractivity (Wildman–Crippen MR) is 61.2 cm³/mol. The van der Waals surface area contributed by atoms with Gasteiger partial charge in [-0.2, -0.15) is 79.0 Å². The van der Waals surface area contributed by atoms with E-state index in [9.17, 15) is 105 Å². The molecule has 0 aromatic carbocycles. The molecule has 27 heteroatoms. The van der Waals surface area contributed by atoms with Gasteiger partial charge in [-0.25, -0.2) is 16.8 Å². The topological polar surface area (TPSA) is 114 Å². The molecule has 0 unspecified atom stereocenters. The normalized spacial score (nSPS) is 15.7. The summed E-state index contributed by atoms with van der Waals surface area (Å²) < 4.78 is 271. The molecule has 35 heavy (non-hydrogen) atoms. The van der Waals surface area contributed by atoms with Crippen LogP contribution in [0.1, 0.15) is 0 Å². The Morgan fingerprint density at radius 2 is 0.514 bits per heavy atom. The minimum atomic E-state index is -7.43. The minimum Gasteiger partial charge on any atom is -0.743 e. The van der Waals surface area contributed by atoms with Crippen molar-refractivity contribution in [1.29, 1.82) is 0 Å². The van der Waals surface area contributed by atoms with Crippen molar-refractivity contribution in [3.8, 4) is 0 Å². The van der Waals surface area contributed by atoms with Gasteiger partial charge in [0.25, 0.3) is 0 Å². The van der Waals surface area contributed by atoms with Crippen LogP contribution in [0, 0.1) is 0 Å². The Labute approximate surface area is 191 Å². The monoisotopic (exact) mass is 662 g/mol. The quantitative estimate of drug-likeness (QED) is 0.242. The molecule has 0 atom stereocenters. The van der Waals surface area contributed by atoms with Gasteiger partial charge in [-0.05, 0) is 0 Å². The van der Waals surface area contributed by atoms with Crippen molar-refractivity contribution in [1.82, 2.24) is 0 Å². The van der Waals surface area contributed by atoms with E-state index in [0.29, 0.717) is 0 Å². The van der Waals surface area contributed by atoms with Gasteiger partial charge >= 0.3 is 66.0 Å². The Morgan fingerprint density at radius 1 is 0.371 bits per heavy atom. The van der Waals surface area contributed by atoms with Crippen LogP contribution in [-0.2, 0) is 39.7 Å². The molecule has 0 N–H and O–H groups in total. The van der Waals surface area contributed by atoms with Crippen molar-refractivity contribution in [3.63, 3.8) is 0 Å². The molecule has 6 nitrogen and oxygen atoms in total. The summed E-state index contributed by atoms with van der Waals surface area (Å²) in [6.45, 7) is 0. The summed E-state index contributed by atoms with van der Waals surface area (Å²) in [5.41, 5.74) is 0. The van der Waals surface area contributed by atoms with Gasteiger partial charge in [0, 0.05) is 0 Å². The molecule has 0 saturated carbocycles. The predicted octanol–water partition coefficient (Wildman–Crippen LogP) is 3.91. The van der Waals surface area contributed by atoms with Crippen LogP contribution >= 0.6 is 0 Å². The fourth-order valence-electron chi connectivity index (χ4n) is 1.04. The molecule has 0 heterocycles. The van der Waals surface area contributed by atoms with Gasteiger partial charge in [-0.3, -0.25) is 0 Å². The van der Waals surface area contributed by atoms with E-state index in [1.807, 2.05) is 0 Å². The van der Waals surface area contributed by atoms with Crippen LogP contribution in [0.2, 0.25) is 0 Å². The summed E-state index contributed by atoms with van der Waals surface area (Å²) >= 11 is 0. The molecule has 0 aromatic rings. The van der Waals surface area contributed by atoms with Crippen LogP contribution < -0.4 is 0 Å². The number of hydrogen-bond donors (Lipinski definition) is 0. The second-order valence-electron chi connectivity index (χ2n) is 5.23. The van der Waals surface area contributed by atoms with E-state index in [1.165, 1.54) is 0 Å². The number of hydrogen-bond acceptors (Lipinski definition) is 6. The van der Waals surface area contributed by atoms with Crippen LogP contribution in [0.25, 0.3) is 0 Å². The Morgan fingerprint density at radius 3 is 0.600 bits per heavy atom. The van der Waals surface area contributed by atoms with E-state index in [1.54, 1.807) is 0 Å². The summed E-state index contributed by atoms with van der Waals surface area (Å²) in [5, 5.41) is -14.2. The summed E-state index contributed by atoms with van der Waals surface area (Å²) in [4.78, 5) is 0. The fraction of sp³-hybridized carbons (Fsp3) is 1.00. The van der Waals surface area contributed by atoms with Crippen molar-refractivity contribution in [2.45, 2.75) is 46.6 Å². The van der Waals surface area contributed by atoms with Gasteiger partial charge in [0.1, 0.15) is 0 Å². The molecule has 0 fully saturated rings. The molecule has 208 valence electrons. The van der Waals surface area contributed by atoms with Gasteiger partial charge in [-0.15, -0.1) is 0 Å². The second kappa shape index (κ2) is 9.81. The van der Waals surface area contributed by atoms with E-state index in [0.717, 1.165) is 0 Å². The standard InChI is InChI=1S/2C4HF9O3S.Zn/c2*5-1(6,3(9,10)11)2(7,8)4(12,13)17(14,15)16;/h2*(H,14,15,16);/q;;+2/p-2. The summed E-state index contributed by atoms with van der Waals surface area (Å²) in [6.07, 6.45) is -14.3. The largest absolute Gasteiger partial charge is 2.00 e. The first-order valence-electron chi connectivity index (χ1n) is 6.31. The number of rotatable bonds is 6. The summed E-state index contributed by atoms with van der Waals surface area (Å²) in [5.74, 6) is -29.6. The van der Waals surface area contributed by atoms with E-state index in [2.05, 4.69) is 0 Å². The van der Waals surface area contributed by atoms with Crippen LogP contribution in [0.5, 0.6) is 0 Å². The zero-order valence-electron chi connectivity index (χ0n) is 14.8. The molecule has 0 radical (unpaired) electrons. The van der Waals surface area contributed by atoms with Gasteiger partial charge in [0.15, 0.2) is 20.2 Å². The van der Waals surface area contributed by atoms with Crippen molar-refractivity contribution in [3.05, 3.63) is 0 Å². The fourth-order valence-corrected chi connectivity index (χ4v) is 1.92.